The van der Waals surface area contributed by atoms with E-state index in [4.69, 9.17) is 9.84 Å². The first-order chi connectivity index (χ1) is 6.25. The van der Waals surface area contributed by atoms with Crippen molar-refractivity contribution in [3.05, 3.63) is 36.1 Å². The van der Waals surface area contributed by atoms with Crippen molar-refractivity contribution in [3.63, 3.8) is 0 Å². The fraction of sp³-hybridized carbons (Fsp3) is 0.300. The van der Waals surface area contributed by atoms with Gasteiger partial charge in [0.05, 0.1) is 12.7 Å². The zero-order valence-corrected chi connectivity index (χ0v) is 7.01. The predicted molar refractivity (Wildman–Crippen MR) is 47.0 cm³/mol. The molecule has 13 heavy (non-hydrogen) atoms. The number of rotatable bonds is 2. The molecule has 2 aliphatic rings. The third-order valence-corrected chi connectivity index (χ3v) is 2.18. The first-order valence-electron chi connectivity index (χ1n) is 4.18. The molecule has 1 N–H and O–H groups in total. The van der Waals surface area contributed by atoms with Gasteiger partial charge in [0, 0.05) is 5.92 Å². The number of carbonyl (C=O) groups is 1. The Morgan fingerprint density at radius 3 is 3.15 bits per heavy atom. The fourth-order valence-corrected chi connectivity index (χ4v) is 1.56. The van der Waals surface area contributed by atoms with E-state index >= 15 is 0 Å². The smallest absolute Gasteiger partial charge is 0.307 e. The van der Waals surface area contributed by atoms with Gasteiger partial charge in [0.2, 0.25) is 0 Å². The Morgan fingerprint density at radius 2 is 2.38 bits per heavy atom. The van der Waals surface area contributed by atoms with E-state index in [2.05, 4.69) is 0 Å². The SMILES string of the molecule is O=C(O)CC1=CC2C=COC2C=C1. The average molecular weight is 178 g/mol. The summed E-state index contributed by atoms with van der Waals surface area (Å²) < 4.78 is 5.25. The number of hydrogen-bond donors (Lipinski definition) is 1. The van der Waals surface area contributed by atoms with Gasteiger partial charge in [0.15, 0.2) is 0 Å². The summed E-state index contributed by atoms with van der Waals surface area (Å²) >= 11 is 0. The van der Waals surface area contributed by atoms with Crippen LogP contribution in [0.3, 0.4) is 0 Å². The molecule has 2 atom stereocenters. The normalized spacial score (nSPS) is 29.4. The highest BCUT2D eigenvalue weighted by Crippen LogP contribution is 2.26. The molecular formula is C10H10O3. The standard InChI is InChI=1S/C10H10O3/c11-10(12)6-7-1-2-9-8(5-7)3-4-13-9/h1-5,8-9H,6H2,(H,11,12). The van der Waals surface area contributed by atoms with Crippen molar-refractivity contribution in [1.29, 1.82) is 0 Å². The molecule has 2 unspecified atom stereocenters. The molecule has 0 saturated heterocycles. The van der Waals surface area contributed by atoms with Crippen molar-refractivity contribution in [2.75, 3.05) is 0 Å². The fourth-order valence-electron chi connectivity index (χ4n) is 1.56. The maximum Gasteiger partial charge on any atom is 0.307 e. The molecule has 0 saturated carbocycles. The van der Waals surface area contributed by atoms with Crippen LogP contribution in [0.2, 0.25) is 0 Å². The highest BCUT2D eigenvalue weighted by atomic mass is 16.5. The number of allylic oxidation sites excluding steroid dienone is 1. The lowest BCUT2D eigenvalue weighted by Gasteiger charge is -2.16. The summed E-state index contributed by atoms with van der Waals surface area (Å²) in [5.74, 6) is -0.573. The van der Waals surface area contributed by atoms with E-state index in [0.717, 1.165) is 5.57 Å². The molecule has 2 rings (SSSR count). The van der Waals surface area contributed by atoms with Gasteiger partial charge in [-0.3, -0.25) is 4.79 Å². The van der Waals surface area contributed by atoms with Crippen LogP contribution >= 0.6 is 0 Å². The van der Waals surface area contributed by atoms with Gasteiger partial charge in [-0.2, -0.15) is 0 Å². The van der Waals surface area contributed by atoms with Gasteiger partial charge in [0.1, 0.15) is 6.10 Å². The summed E-state index contributed by atoms with van der Waals surface area (Å²) in [4.78, 5) is 10.4. The van der Waals surface area contributed by atoms with E-state index in [1.807, 2.05) is 24.3 Å². The molecular weight excluding hydrogens is 168 g/mol. The van der Waals surface area contributed by atoms with Crippen LogP contribution in [0.1, 0.15) is 6.42 Å². The van der Waals surface area contributed by atoms with Crippen LogP contribution in [0.5, 0.6) is 0 Å². The molecule has 0 spiro atoms. The van der Waals surface area contributed by atoms with Crippen LogP contribution in [0.15, 0.2) is 36.1 Å². The summed E-state index contributed by atoms with van der Waals surface area (Å²) in [5, 5.41) is 8.58. The first-order valence-corrected chi connectivity index (χ1v) is 4.18. The lowest BCUT2D eigenvalue weighted by Crippen LogP contribution is -2.15. The molecule has 3 heteroatoms. The molecule has 0 aromatic heterocycles. The maximum absolute atomic E-state index is 10.4. The van der Waals surface area contributed by atoms with Gasteiger partial charge in [-0.25, -0.2) is 0 Å². The summed E-state index contributed by atoms with van der Waals surface area (Å²) in [6.45, 7) is 0. The molecule has 0 aromatic rings. The second kappa shape index (κ2) is 3.09. The molecule has 0 aromatic carbocycles. The van der Waals surface area contributed by atoms with E-state index in [1.54, 1.807) is 6.26 Å². The molecule has 0 fully saturated rings. The largest absolute Gasteiger partial charge is 0.493 e. The highest BCUT2D eigenvalue weighted by Gasteiger charge is 2.23. The Morgan fingerprint density at radius 1 is 1.54 bits per heavy atom. The van der Waals surface area contributed by atoms with E-state index in [9.17, 15) is 4.79 Å². The molecule has 0 amide bonds. The lowest BCUT2D eigenvalue weighted by molar-refractivity contribution is -0.136. The van der Waals surface area contributed by atoms with Gasteiger partial charge in [-0.15, -0.1) is 0 Å². The van der Waals surface area contributed by atoms with Gasteiger partial charge in [-0.1, -0.05) is 12.2 Å². The number of fused-ring (bicyclic) bond motifs is 1. The maximum atomic E-state index is 10.4. The molecule has 0 radical (unpaired) electrons. The number of carboxylic acid groups (broad SMARTS) is 1. The Kier molecular flexibility index (Phi) is 1.93. The van der Waals surface area contributed by atoms with Crippen LogP contribution in [-0.2, 0) is 9.53 Å². The highest BCUT2D eigenvalue weighted by molar-refractivity contribution is 5.71. The van der Waals surface area contributed by atoms with Gasteiger partial charge in [-0.05, 0) is 17.7 Å². The minimum absolute atomic E-state index is 0.0811. The summed E-state index contributed by atoms with van der Waals surface area (Å²) in [5.41, 5.74) is 0.851. The van der Waals surface area contributed by atoms with E-state index in [-0.39, 0.29) is 18.4 Å². The van der Waals surface area contributed by atoms with Crippen LogP contribution in [0.4, 0.5) is 0 Å². The second-order valence-electron chi connectivity index (χ2n) is 3.18. The monoisotopic (exact) mass is 178 g/mol. The number of carboxylic acids is 1. The number of aliphatic carboxylic acids is 1. The van der Waals surface area contributed by atoms with Crippen molar-refractivity contribution in [1.82, 2.24) is 0 Å². The van der Waals surface area contributed by atoms with Gasteiger partial charge < -0.3 is 9.84 Å². The minimum Gasteiger partial charge on any atom is -0.493 e. The molecule has 68 valence electrons. The third kappa shape index (κ3) is 1.64. The van der Waals surface area contributed by atoms with E-state index < -0.39 is 5.97 Å². The second-order valence-corrected chi connectivity index (χ2v) is 3.18. The lowest BCUT2D eigenvalue weighted by atomic mass is 9.93. The Balaban J connectivity index is 2.10. The topological polar surface area (TPSA) is 46.5 Å². The Labute approximate surface area is 76.0 Å². The number of ether oxygens (including phenoxy) is 1. The van der Waals surface area contributed by atoms with Crippen molar-refractivity contribution in [2.45, 2.75) is 12.5 Å². The Bertz CT molecular complexity index is 312. The van der Waals surface area contributed by atoms with Crippen molar-refractivity contribution in [2.24, 2.45) is 5.92 Å². The Hall–Kier alpha value is -1.51. The van der Waals surface area contributed by atoms with Crippen LogP contribution in [-0.4, -0.2) is 17.2 Å². The van der Waals surface area contributed by atoms with Crippen LogP contribution in [0, 0.1) is 5.92 Å². The van der Waals surface area contributed by atoms with Crippen molar-refractivity contribution < 1.29 is 14.6 Å². The van der Waals surface area contributed by atoms with E-state index in [1.165, 1.54) is 0 Å². The van der Waals surface area contributed by atoms with E-state index in [0.29, 0.717) is 0 Å². The van der Waals surface area contributed by atoms with Crippen LogP contribution < -0.4 is 0 Å². The average Bonchev–Trinajstić information content (AvgIpc) is 2.49. The predicted octanol–water partition coefficient (Wildman–Crippen LogP) is 1.49. The zero-order valence-electron chi connectivity index (χ0n) is 7.01. The van der Waals surface area contributed by atoms with Crippen molar-refractivity contribution in [3.8, 4) is 0 Å². The summed E-state index contributed by atoms with van der Waals surface area (Å²) in [6, 6.07) is 0. The number of hydrogen-bond acceptors (Lipinski definition) is 2. The molecule has 1 aliphatic carbocycles. The molecule has 3 nitrogen and oxygen atoms in total. The first kappa shape index (κ1) is 8.10. The summed E-state index contributed by atoms with van der Waals surface area (Å²) in [6.07, 6.45) is 9.45. The van der Waals surface area contributed by atoms with Crippen molar-refractivity contribution >= 4 is 5.97 Å². The van der Waals surface area contributed by atoms with Gasteiger partial charge >= 0.3 is 5.97 Å². The molecule has 1 heterocycles. The zero-order chi connectivity index (χ0) is 9.26. The minimum atomic E-state index is -0.794. The van der Waals surface area contributed by atoms with Gasteiger partial charge in [0.25, 0.3) is 0 Å². The summed E-state index contributed by atoms with van der Waals surface area (Å²) in [7, 11) is 0. The van der Waals surface area contributed by atoms with Crippen LogP contribution in [0.25, 0.3) is 0 Å². The quantitative estimate of drug-likeness (QED) is 0.696. The molecule has 0 bridgehead atoms. The third-order valence-electron chi connectivity index (χ3n) is 2.18. The molecule has 1 aliphatic heterocycles.